The van der Waals surface area contributed by atoms with E-state index in [-0.39, 0.29) is 26.4 Å². The topological polar surface area (TPSA) is 95.9 Å². The number of nitrogens with two attached hydrogens (primary N) is 1. The van der Waals surface area contributed by atoms with E-state index in [2.05, 4.69) is 0 Å². The van der Waals surface area contributed by atoms with E-state index >= 15 is 0 Å². The fourth-order valence-electron chi connectivity index (χ4n) is 0.495. The minimum absolute atomic E-state index is 0.00106. The van der Waals surface area contributed by atoms with Gasteiger partial charge in [-0.2, -0.15) is 0 Å². The van der Waals surface area contributed by atoms with Gasteiger partial charge >= 0.3 is 0 Å². The zero-order valence-corrected chi connectivity index (χ0v) is 6.31. The second-order valence-corrected chi connectivity index (χ2v) is 2.21. The minimum atomic E-state index is -0.893. The standard InChI is InChI=1S/C6H15NO4/c7-1-6(3-9)11-4-5(10)2-8/h5-6,8-10H,1-4,7H2. The molecule has 0 bridgehead atoms. The maximum absolute atomic E-state index is 8.80. The molecule has 0 aromatic carbocycles. The summed E-state index contributed by atoms with van der Waals surface area (Å²) in [5, 5.41) is 25.7. The zero-order chi connectivity index (χ0) is 8.69. The lowest BCUT2D eigenvalue weighted by Gasteiger charge is -2.14. The summed E-state index contributed by atoms with van der Waals surface area (Å²) in [4.78, 5) is 0. The first-order chi connectivity index (χ1) is 5.24. The highest BCUT2D eigenvalue weighted by Gasteiger charge is 2.08. The molecule has 2 atom stereocenters. The Morgan fingerprint density at radius 1 is 1.27 bits per heavy atom. The van der Waals surface area contributed by atoms with Crippen molar-refractivity contribution in [2.75, 3.05) is 26.4 Å². The van der Waals surface area contributed by atoms with Crippen molar-refractivity contribution in [3.63, 3.8) is 0 Å². The summed E-state index contributed by atoms with van der Waals surface area (Å²) >= 11 is 0. The molecule has 0 aliphatic carbocycles. The van der Waals surface area contributed by atoms with Crippen LogP contribution in [0.2, 0.25) is 0 Å². The average molecular weight is 165 g/mol. The fourth-order valence-corrected chi connectivity index (χ4v) is 0.495. The van der Waals surface area contributed by atoms with E-state index in [1.54, 1.807) is 0 Å². The highest BCUT2D eigenvalue weighted by molar-refractivity contribution is 4.58. The molecule has 0 saturated heterocycles. The Hall–Kier alpha value is -0.200. The smallest absolute Gasteiger partial charge is 0.100 e. The van der Waals surface area contributed by atoms with Crippen molar-refractivity contribution in [1.82, 2.24) is 0 Å². The van der Waals surface area contributed by atoms with Gasteiger partial charge in [0.1, 0.15) is 6.10 Å². The van der Waals surface area contributed by atoms with Crippen LogP contribution in [0.4, 0.5) is 0 Å². The molecule has 0 rings (SSSR count). The highest BCUT2D eigenvalue weighted by atomic mass is 16.5. The monoisotopic (exact) mass is 165 g/mol. The van der Waals surface area contributed by atoms with Crippen molar-refractivity contribution in [3.8, 4) is 0 Å². The zero-order valence-electron chi connectivity index (χ0n) is 6.31. The summed E-state index contributed by atoms with van der Waals surface area (Å²) < 4.78 is 4.91. The largest absolute Gasteiger partial charge is 0.394 e. The molecule has 0 fully saturated rings. The molecular formula is C6H15NO4. The second kappa shape index (κ2) is 6.51. The quantitative estimate of drug-likeness (QED) is 0.354. The van der Waals surface area contributed by atoms with Crippen LogP contribution in [-0.2, 0) is 4.74 Å². The molecule has 0 aromatic rings. The summed E-state index contributed by atoms with van der Waals surface area (Å²) in [5.74, 6) is 0. The van der Waals surface area contributed by atoms with E-state index in [0.29, 0.717) is 0 Å². The third-order valence-corrected chi connectivity index (χ3v) is 1.20. The first-order valence-electron chi connectivity index (χ1n) is 3.46. The summed E-state index contributed by atoms with van der Waals surface area (Å²) in [6.45, 7) is -0.315. The summed E-state index contributed by atoms with van der Waals surface area (Å²) in [7, 11) is 0. The van der Waals surface area contributed by atoms with Crippen molar-refractivity contribution in [1.29, 1.82) is 0 Å². The first kappa shape index (κ1) is 10.8. The lowest BCUT2D eigenvalue weighted by Crippen LogP contribution is -2.31. The van der Waals surface area contributed by atoms with Crippen LogP contribution in [0.25, 0.3) is 0 Å². The molecule has 68 valence electrons. The molecule has 0 spiro atoms. The molecule has 5 heteroatoms. The molecule has 0 heterocycles. The Balaban J connectivity index is 3.34. The van der Waals surface area contributed by atoms with Crippen molar-refractivity contribution in [2.45, 2.75) is 12.2 Å². The molecule has 0 aliphatic rings. The van der Waals surface area contributed by atoms with Crippen LogP contribution in [0.1, 0.15) is 0 Å². The number of aliphatic hydroxyl groups is 3. The summed E-state index contributed by atoms with van der Waals surface area (Å²) in [5.41, 5.74) is 5.18. The van der Waals surface area contributed by atoms with E-state index in [9.17, 15) is 0 Å². The van der Waals surface area contributed by atoms with Crippen LogP contribution in [0.15, 0.2) is 0 Å². The highest BCUT2D eigenvalue weighted by Crippen LogP contribution is 1.90. The van der Waals surface area contributed by atoms with Gasteiger partial charge < -0.3 is 25.8 Å². The van der Waals surface area contributed by atoms with Crippen LogP contribution in [0.5, 0.6) is 0 Å². The van der Waals surface area contributed by atoms with Gasteiger partial charge in [-0.1, -0.05) is 0 Å². The van der Waals surface area contributed by atoms with E-state index in [1.165, 1.54) is 0 Å². The maximum Gasteiger partial charge on any atom is 0.100 e. The van der Waals surface area contributed by atoms with Crippen LogP contribution in [0.3, 0.4) is 0 Å². The lowest BCUT2D eigenvalue weighted by molar-refractivity contribution is -0.0420. The Kier molecular flexibility index (Phi) is 6.39. The van der Waals surface area contributed by atoms with Crippen LogP contribution in [-0.4, -0.2) is 53.9 Å². The van der Waals surface area contributed by atoms with Gasteiger partial charge in [0.2, 0.25) is 0 Å². The third-order valence-electron chi connectivity index (χ3n) is 1.20. The number of ether oxygens (including phenoxy) is 1. The van der Waals surface area contributed by atoms with Gasteiger partial charge in [-0.15, -0.1) is 0 Å². The second-order valence-electron chi connectivity index (χ2n) is 2.21. The van der Waals surface area contributed by atoms with Crippen LogP contribution in [0, 0.1) is 0 Å². The molecule has 0 aliphatic heterocycles. The fraction of sp³-hybridized carbons (Fsp3) is 1.00. The van der Waals surface area contributed by atoms with Gasteiger partial charge in [-0.25, -0.2) is 0 Å². The summed E-state index contributed by atoms with van der Waals surface area (Å²) in [6, 6.07) is 0. The molecule has 0 amide bonds. The average Bonchev–Trinajstić information content (AvgIpc) is 2.06. The Morgan fingerprint density at radius 2 is 1.91 bits per heavy atom. The molecule has 2 unspecified atom stereocenters. The van der Waals surface area contributed by atoms with Gasteiger partial charge in [0.15, 0.2) is 0 Å². The Morgan fingerprint density at radius 3 is 2.27 bits per heavy atom. The van der Waals surface area contributed by atoms with Crippen molar-refractivity contribution in [2.24, 2.45) is 5.73 Å². The minimum Gasteiger partial charge on any atom is -0.394 e. The molecule has 5 nitrogen and oxygen atoms in total. The number of hydrogen-bond donors (Lipinski definition) is 4. The lowest BCUT2D eigenvalue weighted by atomic mass is 10.3. The van der Waals surface area contributed by atoms with E-state index in [0.717, 1.165) is 0 Å². The molecule has 5 N–H and O–H groups in total. The Bertz CT molecular complexity index is 86.7. The van der Waals surface area contributed by atoms with Crippen LogP contribution < -0.4 is 5.73 Å². The van der Waals surface area contributed by atoms with Crippen molar-refractivity contribution in [3.05, 3.63) is 0 Å². The molecular weight excluding hydrogens is 150 g/mol. The van der Waals surface area contributed by atoms with Gasteiger partial charge in [0.05, 0.1) is 25.9 Å². The predicted molar refractivity (Wildman–Crippen MR) is 39.0 cm³/mol. The van der Waals surface area contributed by atoms with E-state index in [1.807, 2.05) is 0 Å². The third kappa shape index (κ3) is 5.11. The van der Waals surface area contributed by atoms with Crippen LogP contribution >= 0.6 is 0 Å². The SMILES string of the molecule is NCC(CO)OCC(O)CO. The molecule has 0 aromatic heterocycles. The molecule has 0 radical (unpaired) electrons. The number of aliphatic hydroxyl groups excluding tert-OH is 3. The van der Waals surface area contributed by atoms with E-state index in [4.69, 9.17) is 25.8 Å². The van der Waals surface area contributed by atoms with Gasteiger partial charge in [0.25, 0.3) is 0 Å². The summed E-state index contributed by atoms with van der Waals surface area (Å²) in [6.07, 6.45) is -1.34. The Labute approximate surface area is 65.4 Å². The maximum atomic E-state index is 8.80. The van der Waals surface area contributed by atoms with Crippen molar-refractivity contribution < 1.29 is 20.1 Å². The number of rotatable bonds is 6. The van der Waals surface area contributed by atoms with Crippen molar-refractivity contribution >= 4 is 0 Å². The normalized spacial score (nSPS) is 16.4. The van der Waals surface area contributed by atoms with Gasteiger partial charge in [-0.05, 0) is 0 Å². The predicted octanol–water partition coefficient (Wildman–Crippen LogP) is -2.32. The van der Waals surface area contributed by atoms with E-state index < -0.39 is 12.2 Å². The van der Waals surface area contributed by atoms with Gasteiger partial charge in [-0.3, -0.25) is 0 Å². The molecule has 11 heavy (non-hydrogen) atoms. The first-order valence-corrected chi connectivity index (χ1v) is 3.46. The molecule has 0 saturated carbocycles. The van der Waals surface area contributed by atoms with Gasteiger partial charge in [0, 0.05) is 6.54 Å². The number of hydrogen-bond acceptors (Lipinski definition) is 5.